The van der Waals surface area contributed by atoms with E-state index in [1.807, 2.05) is 19.0 Å². The van der Waals surface area contributed by atoms with Crippen molar-refractivity contribution in [2.45, 2.75) is 13.5 Å². The Hall–Kier alpha value is -2.70. The molecule has 0 fully saturated rings. The second-order valence-electron chi connectivity index (χ2n) is 6.60. The fourth-order valence-electron chi connectivity index (χ4n) is 3.24. The van der Waals surface area contributed by atoms with Crippen molar-refractivity contribution in [3.8, 4) is 17.2 Å². The Bertz CT molecular complexity index is 1010. The SMILES string of the molecule is COc1ccc(OC)c(C(=O)c2c(C)oc3ccc(O)c(CN(C)C)c23)c1.Cl. The number of fused-ring (bicyclic) bond motifs is 1. The normalized spacial score (nSPS) is 10.8. The molecule has 1 N–H and O–H groups in total. The maximum Gasteiger partial charge on any atom is 0.201 e. The smallest absolute Gasteiger partial charge is 0.201 e. The van der Waals surface area contributed by atoms with Gasteiger partial charge in [-0.3, -0.25) is 4.79 Å². The number of aryl methyl sites for hydroxylation is 1. The van der Waals surface area contributed by atoms with E-state index in [-0.39, 0.29) is 23.9 Å². The Labute approximate surface area is 170 Å². The van der Waals surface area contributed by atoms with E-state index in [0.29, 0.717) is 51.5 Å². The molecule has 0 atom stereocenters. The van der Waals surface area contributed by atoms with Crippen molar-refractivity contribution in [1.29, 1.82) is 0 Å². The molecular formula is C21H24ClNO5. The Morgan fingerprint density at radius 3 is 2.46 bits per heavy atom. The number of aromatic hydroxyl groups is 1. The highest BCUT2D eigenvalue weighted by molar-refractivity contribution is 6.19. The summed E-state index contributed by atoms with van der Waals surface area (Å²) in [6.45, 7) is 2.22. The Balaban J connectivity index is 0.00000280. The van der Waals surface area contributed by atoms with Gasteiger partial charge in [0.05, 0.1) is 25.3 Å². The van der Waals surface area contributed by atoms with Gasteiger partial charge in [0.15, 0.2) is 0 Å². The second-order valence-corrected chi connectivity index (χ2v) is 6.60. The summed E-state index contributed by atoms with van der Waals surface area (Å²) in [5.41, 5.74) is 2.01. The predicted molar refractivity (Wildman–Crippen MR) is 110 cm³/mol. The lowest BCUT2D eigenvalue weighted by Gasteiger charge is -2.14. The van der Waals surface area contributed by atoms with Crippen molar-refractivity contribution in [3.63, 3.8) is 0 Å². The zero-order chi connectivity index (χ0) is 19.7. The van der Waals surface area contributed by atoms with Gasteiger partial charge in [-0.05, 0) is 51.4 Å². The van der Waals surface area contributed by atoms with Crippen LogP contribution >= 0.6 is 12.4 Å². The summed E-state index contributed by atoms with van der Waals surface area (Å²) in [5, 5.41) is 11.0. The zero-order valence-electron chi connectivity index (χ0n) is 16.5. The van der Waals surface area contributed by atoms with Gasteiger partial charge in [0.2, 0.25) is 5.78 Å². The molecule has 2 aromatic carbocycles. The summed E-state index contributed by atoms with van der Waals surface area (Å²) in [5.74, 6) is 1.38. The van der Waals surface area contributed by atoms with E-state index in [1.165, 1.54) is 7.11 Å². The lowest BCUT2D eigenvalue weighted by atomic mass is 9.96. The molecule has 3 rings (SSSR count). The Morgan fingerprint density at radius 1 is 1.14 bits per heavy atom. The van der Waals surface area contributed by atoms with E-state index in [2.05, 4.69) is 0 Å². The number of carbonyl (C=O) groups is 1. The van der Waals surface area contributed by atoms with Crippen LogP contribution < -0.4 is 9.47 Å². The van der Waals surface area contributed by atoms with E-state index in [4.69, 9.17) is 13.9 Å². The van der Waals surface area contributed by atoms with Crippen LogP contribution in [0.5, 0.6) is 17.2 Å². The number of hydrogen-bond acceptors (Lipinski definition) is 6. The molecule has 6 nitrogen and oxygen atoms in total. The molecule has 7 heteroatoms. The van der Waals surface area contributed by atoms with Crippen LogP contribution in [-0.2, 0) is 6.54 Å². The van der Waals surface area contributed by atoms with Crippen molar-refractivity contribution in [2.75, 3.05) is 28.3 Å². The minimum absolute atomic E-state index is 0. The maximum absolute atomic E-state index is 13.4. The predicted octanol–water partition coefficient (Wildman–Crippen LogP) is 4.18. The van der Waals surface area contributed by atoms with Crippen LogP contribution in [0.1, 0.15) is 27.2 Å². The monoisotopic (exact) mass is 405 g/mol. The average molecular weight is 406 g/mol. The highest BCUT2D eigenvalue weighted by Crippen LogP contribution is 2.37. The van der Waals surface area contributed by atoms with Gasteiger partial charge < -0.3 is 23.9 Å². The summed E-state index contributed by atoms with van der Waals surface area (Å²) in [4.78, 5) is 15.4. The van der Waals surface area contributed by atoms with E-state index in [1.54, 1.807) is 44.4 Å². The van der Waals surface area contributed by atoms with Crippen molar-refractivity contribution in [2.24, 2.45) is 0 Å². The molecule has 1 heterocycles. The topological polar surface area (TPSA) is 72.1 Å². The quantitative estimate of drug-likeness (QED) is 0.620. The van der Waals surface area contributed by atoms with Crippen LogP contribution in [0.2, 0.25) is 0 Å². The van der Waals surface area contributed by atoms with Crippen LogP contribution in [0.15, 0.2) is 34.7 Å². The van der Waals surface area contributed by atoms with Gasteiger partial charge in [-0.25, -0.2) is 0 Å². The molecule has 28 heavy (non-hydrogen) atoms. The summed E-state index contributed by atoms with van der Waals surface area (Å²) in [7, 11) is 6.86. The molecule has 0 bridgehead atoms. The summed E-state index contributed by atoms with van der Waals surface area (Å²) in [6, 6.07) is 8.34. The largest absolute Gasteiger partial charge is 0.508 e. The average Bonchev–Trinajstić information content (AvgIpc) is 2.99. The van der Waals surface area contributed by atoms with E-state index < -0.39 is 0 Å². The minimum Gasteiger partial charge on any atom is -0.508 e. The summed E-state index contributed by atoms with van der Waals surface area (Å²) in [6.07, 6.45) is 0. The number of carbonyl (C=O) groups excluding carboxylic acids is 1. The first-order valence-electron chi connectivity index (χ1n) is 8.52. The molecule has 0 unspecified atom stereocenters. The van der Waals surface area contributed by atoms with E-state index in [9.17, 15) is 9.90 Å². The van der Waals surface area contributed by atoms with Gasteiger partial charge >= 0.3 is 0 Å². The van der Waals surface area contributed by atoms with Crippen LogP contribution in [0.3, 0.4) is 0 Å². The van der Waals surface area contributed by atoms with E-state index >= 15 is 0 Å². The fourth-order valence-corrected chi connectivity index (χ4v) is 3.24. The minimum atomic E-state index is -0.243. The first-order chi connectivity index (χ1) is 12.9. The molecular weight excluding hydrogens is 382 g/mol. The Morgan fingerprint density at radius 2 is 1.86 bits per heavy atom. The Kier molecular flexibility index (Phi) is 6.59. The molecule has 0 aliphatic carbocycles. The number of methoxy groups -OCH3 is 2. The molecule has 0 amide bonds. The number of hydrogen-bond donors (Lipinski definition) is 1. The first kappa shape index (κ1) is 21.6. The number of phenols is 1. The molecule has 0 spiro atoms. The van der Waals surface area contributed by atoms with Crippen molar-refractivity contribution in [3.05, 3.63) is 52.8 Å². The van der Waals surface area contributed by atoms with Gasteiger partial charge in [0.25, 0.3) is 0 Å². The third-order valence-corrected chi connectivity index (χ3v) is 4.47. The second kappa shape index (κ2) is 8.54. The standard InChI is InChI=1S/C21H23NO5.ClH/c1-12-19(21(24)14-10-13(25-4)6-8-17(14)26-5)20-15(11-22(2)3)16(23)7-9-18(20)27-12;/h6-10,23H,11H2,1-5H3;1H. The van der Waals surface area contributed by atoms with E-state index in [0.717, 1.165) is 0 Å². The molecule has 0 saturated carbocycles. The van der Waals surface area contributed by atoms with Crippen molar-refractivity contribution in [1.82, 2.24) is 4.90 Å². The lowest BCUT2D eigenvalue weighted by Crippen LogP contribution is -2.12. The highest BCUT2D eigenvalue weighted by Gasteiger charge is 2.26. The zero-order valence-corrected chi connectivity index (χ0v) is 17.3. The number of benzene rings is 2. The third kappa shape index (κ3) is 3.79. The maximum atomic E-state index is 13.4. The van der Waals surface area contributed by atoms with Crippen LogP contribution in [0, 0.1) is 6.92 Å². The fraction of sp³-hybridized carbons (Fsp3) is 0.286. The molecule has 1 aromatic heterocycles. The molecule has 3 aromatic rings. The lowest BCUT2D eigenvalue weighted by molar-refractivity contribution is 0.103. The van der Waals surface area contributed by atoms with Crippen LogP contribution in [0.4, 0.5) is 0 Å². The number of furan rings is 1. The molecule has 0 aliphatic rings. The summed E-state index contributed by atoms with van der Waals surface area (Å²) < 4.78 is 16.5. The number of phenolic OH excluding ortho intramolecular Hbond substituents is 1. The summed E-state index contributed by atoms with van der Waals surface area (Å²) >= 11 is 0. The number of ether oxygens (including phenoxy) is 2. The number of rotatable bonds is 6. The van der Waals surface area contributed by atoms with Crippen LogP contribution in [-0.4, -0.2) is 44.1 Å². The van der Waals surface area contributed by atoms with Crippen LogP contribution in [0.25, 0.3) is 11.0 Å². The number of ketones is 1. The molecule has 0 radical (unpaired) electrons. The van der Waals surface area contributed by atoms with Gasteiger partial charge in [0.1, 0.15) is 28.6 Å². The third-order valence-electron chi connectivity index (χ3n) is 4.47. The highest BCUT2D eigenvalue weighted by atomic mass is 35.5. The number of halogens is 1. The van der Waals surface area contributed by atoms with Crippen molar-refractivity contribution >= 4 is 29.2 Å². The molecule has 150 valence electrons. The van der Waals surface area contributed by atoms with Crippen molar-refractivity contribution < 1.29 is 23.8 Å². The first-order valence-corrected chi connectivity index (χ1v) is 8.52. The molecule has 0 saturated heterocycles. The van der Waals surface area contributed by atoms with Gasteiger partial charge in [0, 0.05) is 17.5 Å². The number of nitrogens with zero attached hydrogens (tertiary/aromatic N) is 1. The molecule has 0 aliphatic heterocycles. The van der Waals surface area contributed by atoms with Gasteiger partial charge in [-0.15, -0.1) is 12.4 Å². The van der Waals surface area contributed by atoms with Gasteiger partial charge in [-0.1, -0.05) is 0 Å². The van der Waals surface area contributed by atoms with Gasteiger partial charge in [-0.2, -0.15) is 0 Å².